The number of nitrogens with zero attached hydrogens (tertiary/aromatic N) is 1. The Balaban J connectivity index is 1.78. The molecule has 1 saturated carbocycles. The summed E-state index contributed by atoms with van der Waals surface area (Å²) in [6.07, 6.45) is 10.3. The van der Waals surface area contributed by atoms with Crippen molar-refractivity contribution in [3.8, 4) is 12.3 Å². The van der Waals surface area contributed by atoms with Crippen LogP contribution in [-0.2, 0) is 0 Å². The second kappa shape index (κ2) is 4.55. The summed E-state index contributed by atoms with van der Waals surface area (Å²) in [5.74, 6) is 2.72. The summed E-state index contributed by atoms with van der Waals surface area (Å²) in [6, 6.07) is 2.78. The molecule has 2 aliphatic rings. The molecule has 1 aliphatic carbocycles. The fraction of sp³-hybridized carbons (Fsp3) is 0.846. The summed E-state index contributed by atoms with van der Waals surface area (Å²) in [4.78, 5) is 2.67. The van der Waals surface area contributed by atoms with E-state index < -0.39 is 0 Å². The minimum absolute atomic E-state index is 0.464. The second-order valence-electron chi connectivity index (χ2n) is 5.19. The zero-order chi connectivity index (χ0) is 10.8. The SMILES string of the molecule is C#CCC(C)NC1CC(C)N(C2CC2)C1. The van der Waals surface area contributed by atoms with Gasteiger partial charge in [-0.3, -0.25) is 4.90 Å². The molecule has 0 spiro atoms. The van der Waals surface area contributed by atoms with Crippen molar-refractivity contribution in [1.82, 2.24) is 10.2 Å². The van der Waals surface area contributed by atoms with Crippen molar-refractivity contribution in [3.63, 3.8) is 0 Å². The number of likely N-dealkylation sites (tertiary alicyclic amines) is 1. The Hall–Kier alpha value is -0.520. The molecule has 1 aliphatic heterocycles. The molecule has 3 atom stereocenters. The minimum Gasteiger partial charge on any atom is -0.309 e. The quantitative estimate of drug-likeness (QED) is 0.703. The maximum atomic E-state index is 5.32. The lowest BCUT2D eigenvalue weighted by Crippen LogP contribution is -2.38. The van der Waals surface area contributed by atoms with E-state index in [4.69, 9.17) is 6.42 Å². The van der Waals surface area contributed by atoms with Crippen molar-refractivity contribution in [2.24, 2.45) is 0 Å². The molecule has 2 nitrogen and oxygen atoms in total. The molecule has 2 fully saturated rings. The van der Waals surface area contributed by atoms with E-state index in [2.05, 4.69) is 30.0 Å². The van der Waals surface area contributed by atoms with Crippen LogP contribution in [0.25, 0.3) is 0 Å². The molecule has 1 N–H and O–H groups in total. The van der Waals surface area contributed by atoms with Crippen molar-refractivity contribution in [1.29, 1.82) is 0 Å². The van der Waals surface area contributed by atoms with Gasteiger partial charge in [0.1, 0.15) is 0 Å². The molecule has 15 heavy (non-hydrogen) atoms. The highest BCUT2D eigenvalue weighted by Crippen LogP contribution is 2.33. The molecule has 1 saturated heterocycles. The zero-order valence-electron chi connectivity index (χ0n) is 9.87. The molecule has 0 aromatic heterocycles. The molecule has 0 aromatic rings. The maximum Gasteiger partial charge on any atom is 0.0238 e. The van der Waals surface area contributed by atoms with Crippen LogP contribution in [0.3, 0.4) is 0 Å². The minimum atomic E-state index is 0.464. The van der Waals surface area contributed by atoms with E-state index in [1.807, 2.05) is 0 Å². The first kappa shape index (κ1) is 11.0. The van der Waals surface area contributed by atoms with Gasteiger partial charge in [0, 0.05) is 37.1 Å². The summed E-state index contributed by atoms with van der Waals surface area (Å²) in [6.45, 7) is 5.76. The normalized spacial score (nSPS) is 33.9. The Bertz CT molecular complexity index is 252. The smallest absolute Gasteiger partial charge is 0.0238 e. The number of rotatable bonds is 4. The van der Waals surface area contributed by atoms with Gasteiger partial charge in [-0.2, -0.15) is 0 Å². The van der Waals surface area contributed by atoms with E-state index in [9.17, 15) is 0 Å². The van der Waals surface area contributed by atoms with E-state index in [1.54, 1.807) is 0 Å². The predicted octanol–water partition coefficient (Wildman–Crippen LogP) is 1.61. The lowest BCUT2D eigenvalue weighted by atomic mass is 10.1. The first-order valence-corrected chi connectivity index (χ1v) is 6.16. The van der Waals surface area contributed by atoms with Crippen LogP contribution in [0.4, 0.5) is 0 Å². The van der Waals surface area contributed by atoms with Crippen molar-refractivity contribution < 1.29 is 0 Å². The van der Waals surface area contributed by atoms with Crippen molar-refractivity contribution in [3.05, 3.63) is 0 Å². The van der Waals surface area contributed by atoms with Gasteiger partial charge in [0.05, 0.1) is 0 Å². The first-order chi connectivity index (χ1) is 7.20. The van der Waals surface area contributed by atoms with Crippen LogP contribution < -0.4 is 5.32 Å². The van der Waals surface area contributed by atoms with Gasteiger partial charge in [0.2, 0.25) is 0 Å². The Kier molecular flexibility index (Phi) is 3.33. The van der Waals surface area contributed by atoms with E-state index in [-0.39, 0.29) is 0 Å². The van der Waals surface area contributed by atoms with Gasteiger partial charge in [-0.1, -0.05) is 0 Å². The average molecular weight is 206 g/mol. The van der Waals surface area contributed by atoms with Gasteiger partial charge in [-0.25, -0.2) is 0 Å². The summed E-state index contributed by atoms with van der Waals surface area (Å²) in [5, 5.41) is 3.64. The molecule has 0 aromatic carbocycles. The van der Waals surface area contributed by atoms with Crippen LogP contribution in [0.2, 0.25) is 0 Å². The van der Waals surface area contributed by atoms with Crippen LogP contribution in [0.1, 0.15) is 39.5 Å². The van der Waals surface area contributed by atoms with E-state index in [0.717, 1.165) is 18.5 Å². The highest BCUT2D eigenvalue weighted by atomic mass is 15.3. The van der Waals surface area contributed by atoms with Crippen LogP contribution in [0.5, 0.6) is 0 Å². The van der Waals surface area contributed by atoms with Gasteiger partial charge in [0.15, 0.2) is 0 Å². The summed E-state index contributed by atoms with van der Waals surface area (Å²) in [7, 11) is 0. The number of hydrogen-bond donors (Lipinski definition) is 1. The summed E-state index contributed by atoms with van der Waals surface area (Å²) < 4.78 is 0. The fourth-order valence-corrected chi connectivity index (χ4v) is 2.73. The van der Waals surface area contributed by atoms with Crippen LogP contribution in [0.15, 0.2) is 0 Å². The van der Waals surface area contributed by atoms with Gasteiger partial charge < -0.3 is 5.32 Å². The zero-order valence-corrected chi connectivity index (χ0v) is 9.87. The molecule has 1 heterocycles. The average Bonchev–Trinajstić information content (AvgIpc) is 2.93. The molecule has 0 radical (unpaired) electrons. The molecule has 84 valence electrons. The number of terminal acetylenes is 1. The largest absolute Gasteiger partial charge is 0.309 e. The van der Waals surface area contributed by atoms with E-state index >= 15 is 0 Å². The monoisotopic (exact) mass is 206 g/mol. The lowest BCUT2D eigenvalue weighted by Gasteiger charge is -2.20. The molecule has 0 amide bonds. The second-order valence-corrected chi connectivity index (χ2v) is 5.19. The predicted molar refractivity (Wildman–Crippen MR) is 63.6 cm³/mol. The van der Waals surface area contributed by atoms with Crippen LogP contribution >= 0.6 is 0 Å². The maximum absolute atomic E-state index is 5.32. The standard InChI is InChI=1S/C13H22N2/c1-4-5-10(2)14-12-8-11(3)15(9-12)13-6-7-13/h1,10-14H,5-9H2,2-3H3. The Morgan fingerprint density at radius 1 is 1.53 bits per heavy atom. The third kappa shape index (κ3) is 2.74. The van der Waals surface area contributed by atoms with E-state index in [1.165, 1.54) is 25.8 Å². The Labute approximate surface area is 93.4 Å². The van der Waals surface area contributed by atoms with Gasteiger partial charge in [0.25, 0.3) is 0 Å². The molecule has 0 bridgehead atoms. The third-order valence-electron chi connectivity index (χ3n) is 3.58. The van der Waals surface area contributed by atoms with Crippen molar-refractivity contribution >= 4 is 0 Å². The topological polar surface area (TPSA) is 15.3 Å². The summed E-state index contributed by atoms with van der Waals surface area (Å²) >= 11 is 0. The lowest BCUT2D eigenvalue weighted by molar-refractivity contribution is 0.254. The molecule has 3 unspecified atom stereocenters. The van der Waals surface area contributed by atoms with Gasteiger partial charge in [-0.15, -0.1) is 12.3 Å². The Morgan fingerprint density at radius 3 is 2.87 bits per heavy atom. The van der Waals surface area contributed by atoms with Crippen LogP contribution in [-0.4, -0.2) is 35.6 Å². The van der Waals surface area contributed by atoms with Gasteiger partial charge in [-0.05, 0) is 33.1 Å². The molecule has 2 heteroatoms. The van der Waals surface area contributed by atoms with Gasteiger partial charge >= 0.3 is 0 Å². The molecule has 2 rings (SSSR count). The third-order valence-corrected chi connectivity index (χ3v) is 3.58. The fourth-order valence-electron chi connectivity index (χ4n) is 2.73. The number of hydrogen-bond acceptors (Lipinski definition) is 2. The van der Waals surface area contributed by atoms with Crippen LogP contribution in [0, 0.1) is 12.3 Å². The molecular weight excluding hydrogens is 184 g/mol. The number of nitrogens with one attached hydrogen (secondary N) is 1. The summed E-state index contributed by atoms with van der Waals surface area (Å²) in [5.41, 5.74) is 0. The highest BCUT2D eigenvalue weighted by molar-refractivity contribution is 4.97. The Morgan fingerprint density at radius 2 is 2.27 bits per heavy atom. The van der Waals surface area contributed by atoms with E-state index in [0.29, 0.717) is 12.1 Å². The highest BCUT2D eigenvalue weighted by Gasteiger charge is 2.38. The van der Waals surface area contributed by atoms with Crippen molar-refractivity contribution in [2.75, 3.05) is 6.54 Å². The van der Waals surface area contributed by atoms with Crippen molar-refractivity contribution in [2.45, 2.75) is 63.7 Å². The molecular formula is C13H22N2. The first-order valence-electron chi connectivity index (χ1n) is 6.16.